The fourth-order valence-corrected chi connectivity index (χ4v) is 5.58. The van der Waals surface area contributed by atoms with Crippen LogP contribution in [0.2, 0.25) is 0 Å². The number of benzene rings is 2. The van der Waals surface area contributed by atoms with E-state index in [2.05, 4.69) is 9.88 Å². The van der Waals surface area contributed by atoms with Gasteiger partial charge in [-0.1, -0.05) is 30.0 Å². The van der Waals surface area contributed by atoms with Crippen molar-refractivity contribution in [2.45, 2.75) is 37.4 Å². The highest BCUT2D eigenvalue weighted by Gasteiger charge is 2.40. The molecular weight excluding hydrogens is 478 g/mol. The summed E-state index contributed by atoms with van der Waals surface area (Å²) >= 11 is 1.45. The molecule has 8 nitrogen and oxygen atoms in total. The molecule has 2 amide bonds. The number of aryl methyl sites for hydroxylation is 1. The molecule has 0 unspecified atom stereocenters. The summed E-state index contributed by atoms with van der Waals surface area (Å²) in [6.45, 7) is 4.95. The van der Waals surface area contributed by atoms with Gasteiger partial charge in [0.1, 0.15) is 17.5 Å². The van der Waals surface area contributed by atoms with Gasteiger partial charge in [-0.2, -0.15) is 0 Å². The number of nitrogens with one attached hydrogen (secondary N) is 1. The van der Waals surface area contributed by atoms with Gasteiger partial charge < -0.3 is 24.1 Å². The second-order valence-electron chi connectivity index (χ2n) is 8.85. The quantitative estimate of drug-likeness (QED) is 0.431. The summed E-state index contributed by atoms with van der Waals surface area (Å²) in [4.78, 5) is 29.1. The summed E-state index contributed by atoms with van der Waals surface area (Å²) in [6.07, 6.45) is 0.807. The van der Waals surface area contributed by atoms with Crippen LogP contribution in [0.4, 0.5) is 5.69 Å². The maximum atomic E-state index is 13.9. The van der Waals surface area contributed by atoms with Gasteiger partial charge in [0.2, 0.25) is 11.8 Å². The highest BCUT2D eigenvalue weighted by molar-refractivity contribution is 8.00. The average Bonchev–Trinajstić information content (AvgIpc) is 3.05. The Morgan fingerprint density at radius 3 is 2.67 bits per heavy atom. The first-order valence-corrected chi connectivity index (χ1v) is 13.0. The summed E-state index contributed by atoms with van der Waals surface area (Å²) in [6, 6.07) is 12.4. The Balaban J connectivity index is 1.81. The Hall–Kier alpha value is -3.17. The van der Waals surface area contributed by atoms with Crippen molar-refractivity contribution < 1.29 is 23.8 Å². The first-order valence-electron chi connectivity index (χ1n) is 12.0. The Kier molecular flexibility index (Phi) is 8.11. The molecule has 1 aromatic heterocycles. The molecule has 1 N–H and O–H groups in total. The number of carbonyl (C=O) groups excluding carboxylic acids is 2. The van der Waals surface area contributed by atoms with E-state index in [1.807, 2.05) is 45.2 Å². The number of ether oxygens (including phenoxy) is 3. The number of nitrogens with zero attached hydrogens (tertiary/aromatic N) is 2. The molecule has 1 aliphatic rings. The van der Waals surface area contributed by atoms with E-state index < -0.39 is 6.04 Å². The second-order valence-corrected chi connectivity index (χ2v) is 9.82. The molecule has 1 atom stereocenters. The van der Waals surface area contributed by atoms with E-state index in [-0.39, 0.29) is 23.7 Å². The van der Waals surface area contributed by atoms with Crippen molar-refractivity contribution in [3.63, 3.8) is 0 Å². The number of para-hydroxylation sites is 1. The summed E-state index contributed by atoms with van der Waals surface area (Å²) in [5.74, 6) is 0.833. The van der Waals surface area contributed by atoms with E-state index in [9.17, 15) is 9.59 Å². The largest absolute Gasteiger partial charge is 0.497 e. The Labute approximate surface area is 215 Å². The zero-order valence-electron chi connectivity index (χ0n) is 21.4. The standard InChI is InChI=1S/C27H33N3O5S/c1-17(2)35-14-8-13-28-26(32)25-24-19-9-6-7-10-20(19)29(3)27(24)36-16-23(31)30(25)21-12-11-18(33-4)15-22(21)34-5/h6-7,9-12,15,17,25H,8,13-14,16H2,1-5H3,(H,28,32)/t25-/m1/s1. The molecule has 2 heterocycles. The lowest BCUT2D eigenvalue weighted by molar-refractivity contribution is -0.125. The summed E-state index contributed by atoms with van der Waals surface area (Å²) in [5, 5.41) is 4.90. The van der Waals surface area contributed by atoms with Gasteiger partial charge >= 0.3 is 0 Å². The van der Waals surface area contributed by atoms with E-state index in [4.69, 9.17) is 14.2 Å². The number of anilines is 1. The van der Waals surface area contributed by atoms with Gasteiger partial charge in [0, 0.05) is 42.7 Å². The van der Waals surface area contributed by atoms with Crippen molar-refractivity contribution in [1.82, 2.24) is 9.88 Å². The summed E-state index contributed by atoms with van der Waals surface area (Å²) in [7, 11) is 5.09. The average molecular weight is 512 g/mol. The fraction of sp³-hybridized carbons (Fsp3) is 0.407. The summed E-state index contributed by atoms with van der Waals surface area (Å²) < 4.78 is 18.7. The van der Waals surface area contributed by atoms with Gasteiger partial charge in [0.05, 0.1) is 36.8 Å². The molecule has 3 aromatic rings. The number of rotatable bonds is 9. The lowest BCUT2D eigenvalue weighted by Crippen LogP contribution is -2.44. The lowest BCUT2D eigenvalue weighted by atomic mass is 10.0. The number of carbonyl (C=O) groups is 2. The Morgan fingerprint density at radius 1 is 1.17 bits per heavy atom. The van der Waals surface area contributed by atoms with Crippen LogP contribution in [0.3, 0.4) is 0 Å². The van der Waals surface area contributed by atoms with E-state index >= 15 is 0 Å². The first-order chi connectivity index (χ1) is 17.4. The summed E-state index contributed by atoms with van der Waals surface area (Å²) in [5.41, 5.74) is 2.35. The van der Waals surface area contributed by atoms with Crippen LogP contribution in [0.1, 0.15) is 31.9 Å². The normalized spacial score (nSPS) is 15.7. The van der Waals surface area contributed by atoms with Gasteiger partial charge in [0.25, 0.3) is 0 Å². The number of methoxy groups -OCH3 is 2. The minimum atomic E-state index is -0.873. The molecule has 0 spiro atoms. The molecule has 0 radical (unpaired) electrons. The van der Waals surface area contributed by atoms with Crippen LogP contribution in [0.15, 0.2) is 47.5 Å². The molecule has 0 fully saturated rings. The van der Waals surface area contributed by atoms with Crippen molar-refractivity contribution in [3.8, 4) is 11.5 Å². The van der Waals surface area contributed by atoms with E-state index in [0.29, 0.717) is 36.8 Å². The SMILES string of the molecule is COc1ccc(N2C(=O)CSc3c(c4ccccc4n3C)[C@@H]2C(=O)NCCCOC(C)C)c(OC)c1. The van der Waals surface area contributed by atoms with Gasteiger partial charge in [-0.3, -0.25) is 14.5 Å². The molecular formula is C27H33N3O5S. The zero-order valence-corrected chi connectivity index (χ0v) is 22.2. The lowest BCUT2D eigenvalue weighted by Gasteiger charge is -2.31. The van der Waals surface area contributed by atoms with E-state index in [1.165, 1.54) is 11.8 Å². The Bertz CT molecular complexity index is 1260. The number of hydrogen-bond donors (Lipinski definition) is 1. The van der Waals surface area contributed by atoms with Crippen LogP contribution in [0, 0.1) is 0 Å². The molecule has 4 rings (SSSR count). The molecule has 9 heteroatoms. The third-order valence-electron chi connectivity index (χ3n) is 6.19. The van der Waals surface area contributed by atoms with Crippen LogP contribution >= 0.6 is 11.8 Å². The minimum absolute atomic E-state index is 0.133. The van der Waals surface area contributed by atoms with Crippen molar-refractivity contribution in [3.05, 3.63) is 48.0 Å². The zero-order chi connectivity index (χ0) is 25.8. The van der Waals surface area contributed by atoms with Crippen LogP contribution in [0.5, 0.6) is 11.5 Å². The topological polar surface area (TPSA) is 82.0 Å². The minimum Gasteiger partial charge on any atom is -0.497 e. The van der Waals surface area contributed by atoms with Crippen molar-refractivity contribution in [2.75, 3.05) is 38.0 Å². The Morgan fingerprint density at radius 2 is 1.94 bits per heavy atom. The van der Waals surface area contributed by atoms with Gasteiger partial charge in [-0.15, -0.1) is 0 Å². The molecule has 0 saturated carbocycles. The molecule has 0 saturated heterocycles. The molecule has 0 bridgehead atoms. The maximum Gasteiger partial charge on any atom is 0.247 e. The highest BCUT2D eigenvalue weighted by Crippen LogP contribution is 2.45. The smallest absolute Gasteiger partial charge is 0.247 e. The monoisotopic (exact) mass is 511 g/mol. The predicted octanol–water partition coefficient (Wildman–Crippen LogP) is 4.31. The number of thioether (sulfide) groups is 1. The van der Waals surface area contributed by atoms with Gasteiger partial charge in [-0.05, 0) is 38.5 Å². The maximum absolute atomic E-state index is 13.9. The van der Waals surface area contributed by atoms with Crippen molar-refractivity contribution in [1.29, 1.82) is 0 Å². The predicted molar refractivity (Wildman–Crippen MR) is 142 cm³/mol. The number of amides is 2. The highest BCUT2D eigenvalue weighted by atomic mass is 32.2. The van der Waals surface area contributed by atoms with Gasteiger partial charge in [-0.25, -0.2) is 0 Å². The third kappa shape index (κ3) is 5.03. The number of aromatic nitrogens is 1. The van der Waals surface area contributed by atoms with Crippen LogP contribution < -0.4 is 19.7 Å². The van der Waals surface area contributed by atoms with Crippen LogP contribution in [-0.4, -0.2) is 55.6 Å². The second kappa shape index (κ2) is 11.3. The molecule has 0 aliphatic carbocycles. The van der Waals surface area contributed by atoms with Crippen LogP contribution in [-0.2, 0) is 21.4 Å². The van der Waals surface area contributed by atoms with E-state index in [0.717, 1.165) is 21.5 Å². The third-order valence-corrected chi connectivity index (χ3v) is 7.35. The van der Waals surface area contributed by atoms with Gasteiger partial charge in [0.15, 0.2) is 0 Å². The molecule has 36 heavy (non-hydrogen) atoms. The van der Waals surface area contributed by atoms with E-state index in [1.54, 1.807) is 37.3 Å². The fourth-order valence-electron chi connectivity index (χ4n) is 4.52. The molecule has 2 aromatic carbocycles. The first kappa shape index (κ1) is 25.9. The molecule has 1 aliphatic heterocycles. The number of fused-ring (bicyclic) bond motifs is 3. The van der Waals surface area contributed by atoms with Crippen molar-refractivity contribution in [2.24, 2.45) is 7.05 Å². The molecule has 192 valence electrons. The number of hydrogen-bond acceptors (Lipinski definition) is 6. The van der Waals surface area contributed by atoms with Crippen molar-refractivity contribution >= 4 is 40.2 Å². The van der Waals surface area contributed by atoms with Crippen LogP contribution in [0.25, 0.3) is 10.9 Å².